The van der Waals surface area contributed by atoms with E-state index in [-0.39, 0.29) is 0 Å². The maximum Gasteiger partial charge on any atom is 0.193 e. The molecular formula is C22H37N5S. The largest absolute Gasteiger partial charge is 0.356 e. The van der Waals surface area contributed by atoms with Crippen molar-refractivity contribution in [3.05, 3.63) is 30.3 Å². The fourth-order valence-corrected chi connectivity index (χ4v) is 5.10. The molecule has 5 nitrogen and oxygen atoms in total. The lowest BCUT2D eigenvalue weighted by Crippen LogP contribution is -2.41. The number of nitrogens with one attached hydrogen (secondary N) is 1. The van der Waals surface area contributed by atoms with Gasteiger partial charge in [0.2, 0.25) is 0 Å². The zero-order valence-electron chi connectivity index (χ0n) is 17.6. The quantitative estimate of drug-likeness (QED) is 0.328. The number of guanidine groups is 1. The van der Waals surface area contributed by atoms with E-state index in [1.165, 1.54) is 62.6 Å². The van der Waals surface area contributed by atoms with E-state index in [0.717, 1.165) is 31.5 Å². The second kappa shape index (κ2) is 11.7. The number of aliphatic imine (C=N–C) groups is 1. The SMILES string of the molecule is CN=C(NCCCN1CCCN(C)CC1)N1CCC(CSc2ccccc2)C1. The Morgan fingerprint density at radius 3 is 2.82 bits per heavy atom. The van der Waals surface area contributed by atoms with Gasteiger partial charge in [0.25, 0.3) is 0 Å². The van der Waals surface area contributed by atoms with Crippen LogP contribution in [0.3, 0.4) is 0 Å². The van der Waals surface area contributed by atoms with Crippen LogP contribution < -0.4 is 5.32 Å². The minimum absolute atomic E-state index is 0.748. The predicted molar refractivity (Wildman–Crippen MR) is 121 cm³/mol. The van der Waals surface area contributed by atoms with Crippen LogP contribution in [0.25, 0.3) is 0 Å². The van der Waals surface area contributed by atoms with Crippen LogP contribution in [-0.4, -0.2) is 92.9 Å². The van der Waals surface area contributed by atoms with Crippen molar-refractivity contribution in [1.29, 1.82) is 0 Å². The van der Waals surface area contributed by atoms with Gasteiger partial charge in [-0.1, -0.05) is 18.2 Å². The Hall–Kier alpha value is -1.24. The second-order valence-electron chi connectivity index (χ2n) is 8.05. The normalized spacial score (nSPS) is 22.4. The Morgan fingerprint density at radius 1 is 1.14 bits per heavy atom. The number of thioether (sulfide) groups is 1. The number of likely N-dealkylation sites (tertiary alicyclic amines) is 1. The summed E-state index contributed by atoms with van der Waals surface area (Å²) in [5.74, 6) is 3.03. The van der Waals surface area contributed by atoms with Gasteiger partial charge in [-0.15, -0.1) is 11.8 Å². The zero-order chi connectivity index (χ0) is 19.6. The van der Waals surface area contributed by atoms with Crippen LogP contribution in [0.4, 0.5) is 0 Å². The Kier molecular flexibility index (Phi) is 8.96. The molecule has 0 saturated carbocycles. The highest BCUT2D eigenvalue weighted by atomic mass is 32.2. The van der Waals surface area contributed by atoms with Crippen molar-refractivity contribution in [3.8, 4) is 0 Å². The van der Waals surface area contributed by atoms with E-state index in [9.17, 15) is 0 Å². The number of rotatable bonds is 7. The maximum atomic E-state index is 4.54. The van der Waals surface area contributed by atoms with Gasteiger partial charge in [0.1, 0.15) is 0 Å². The third-order valence-corrected chi connectivity index (χ3v) is 7.02. The highest BCUT2D eigenvalue weighted by Gasteiger charge is 2.24. The summed E-state index contributed by atoms with van der Waals surface area (Å²) in [5.41, 5.74) is 0. The Labute approximate surface area is 175 Å². The lowest BCUT2D eigenvalue weighted by Gasteiger charge is -2.23. The average Bonchev–Trinajstić information content (AvgIpc) is 3.09. The van der Waals surface area contributed by atoms with Crippen molar-refractivity contribution in [3.63, 3.8) is 0 Å². The topological polar surface area (TPSA) is 34.1 Å². The average molecular weight is 404 g/mol. The summed E-state index contributed by atoms with van der Waals surface area (Å²) in [6.07, 6.45) is 3.74. The van der Waals surface area contributed by atoms with Crippen LogP contribution in [0.5, 0.6) is 0 Å². The predicted octanol–water partition coefficient (Wildman–Crippen LogP) is 2.70. The summed E-state index contributed by atoms with van der Waals surface area (Å²) in [6, 6.07) is 10.8. The molecule has 28 heavy (non-hydrogen) atoms. The third kappa shape index (κ3) is 6.98. The highest BCUT2D eigenvalue weighted by Crippen LogP contribution is 2.25. The molecule has 1 atom stereocenters. The number of hydrogen-bond donors (Lipinski definition) is 1. The van der Waals surface area contributed by atoms with Gasteiger partial charge in [0, 0.05) is 50.4 Å². The molecule has 3 rings (SSSR count). The van der Waals surface area contributed by atoms with Gasteiger partial charge in [0.05, 0.1) is 0 Å². The molecule has 1 unspecified atom stereocenters. The van der Waals surface area contributed by atoms with Crippen LogP contribution in [0.2, 0.25) is 0 Å². The third-order valence-electron chi connectivity index (χ3n) is 5.77. The first-order valence-corrected chi connectivity index (χ1v) is 11.8. The second-order valence-corrected chi connectivity index (χ2v) is 9.14. The molecule has 0 radical (unpaired) electrons. The number of nitrogens with zero attached hydrogens (tertiary/aromatic N) is 4. The van der Waals surface area contributed by atoms with Crippen molar-refractivity contribution in [2.24, 2.45) is 10.9 Å². The fourth-order valence-electron chi connectivity index (χ4n) is 4.05. The zero-order valence-corrected chi connectivity index (χ0v) is 18.5. The lowest BCUT2D eigenvalue weighted by molar-refractivity contribution is 0.273. The van der Waals surface area contributed by atoms with Crippen molar-refractivity contribution in [1.82, 2.24) is 20.0 Å². The molecule has 2 aliphatic heterocycles. The molecule has 0 amide bonds. The molecule has 2 heterocycles. The van der Waals surface area contributed by atoms with Gasteiger partial charge in [-0.05, 0) is 64.0 Å². The Bertz CT molecular complexity index is 594. The summed E-state index contributed by atoms with van der Waals surface area (Å²) >= 11 is 1.98. The van der Waals surface area contributed by atoms with Gasteiger partial charge in [-0.25, -0.2) is 0 Å². The molecule has 1 aromatic carbocycles. The van der Waals surface area contributed by atoms with E-state index in [0.29, 0.717) is 0 Å². The van der Waals surface area contributed by atoms with Crippen LogP contribution in [-0.2, 0) is 0 Å². The van der Waals surface area contributed by atoms with E-state index in [1.54, 1.807) is 0 Å². The van der Waals surface area contributed by atoms with Crippen LogP contribution >= 0.6 is 11.8 Å². The number of likely N-dealkylation sites (N-methyl/N-ethyl adjacent to an activating group) is 1. The molecule has 1 N–H and O–H groups in total. The van der Waals surface area contributed by atoms with Gasteiger partial charge in [-0.3, -0.25) is 4.99 Å². The van der Waals surface area contributed by atoms with Crippen LogP contribution in [0, 0.1) is 5.92 Å². The first kappa shape index (κ1) is 21.5. The van der Waals surface area contributed by atoms with E-state index >= 15 is 0 Å². The Morgan fingerprint density at radius 2 is 2.00 bits per heavy atom. The van der Waals surface area contributed by atoms with Gasteiger partial charge < -0.3 is 20.0 Å². The molecule has 2 saturated heterocycles. The van der Waals surface area contributed by atoms with Gasteiger partial charge in [0.15, 0.2) is 5.96 Å². The molecule has 156 valence electrons. The minimum Gasteiger partial charge on any atom is -0.356 e. The molecule has 0 aliphatic carbocycles. The minimum atomic E-state index is 0.748. The summed E-state index contributed by atoms with van der Waals surface area (Å²) in [4.78, 5) is 13.4. The molecular weight excluding hydrogens is 366 g/mol. The monoisotopic (exact) mass is 403 g/mol. The molecule has 0 aromatic heterocycles. The summed E-state index contributed by atoms with van der Waals surface area (Å²) in [5, 5.41) is 3.60. The van der Waals surface area contributed by atoms with Crippen LogP contribution in [0.15, 0.2) is 40.2 Å². The number of hydrogen-bond acceptors (Lipinski definition) is 4. The smallest absolute Gasteiger partial charge is 0.193 e. The summed E-state index contributed by atoms with van der Waals surface area (Å²) < 4.78 is 0. The standard InChI is InChI=1S/C22H37N5S/c1-23-22(24-11-6-13-26-14-7-12-25(2)16-17-26)27-15-10-20(18-27)19-28-21-8-4-3-5-9-21/h3-5,8-9,20H,6-7,10-19H2,1-2H3,(H,23,24). The number of benzene rings is 1. The fraction of sp³-hybridized carbons (Fsp3) is 0.682. The van der Waals surface area contributed by atoms with Crippen molar-refractivity contribution >= 4 is 17.7 Å². The van der Waals surface area contributed by atoms with E-state index in [4.69, 9.17) is 0 Å². The van der Waals surface area contributed by atoms with Crippen molar-refractivity contribution in [2.45, 2.75) is 24.2 Å². The van der Waals surface area contributed by atoms with Gasteiger partial charge in [-0.2, -0.15) is 0 Å². The lowest BCUT2D eigenvalue weighted by atomic mass is 10.2. The van der Waals surface area contributed by atoms with E-state index in [2.05, 4.69) is 62.4 Å². The molecule has 1 aromatic rings. The molecule has 6 heteroatoms. The van der Waals surface area contributed by atoms with Crippen LogP contribution in [0.1, 0.15) is 19.3 Å². The Balaban J connectivity index is 1.33. The van der Waals surface area contributed by atoms with Crippen molar-refractivity contribution < 1.29 is 0 Å². The molecule has 0 spiro atoms. The summed E-state index contributed by atoms with van der Waals surface area (Å²) in [6.45, 7) is 9.33. The highest BCUT2D eigenvalue weighted by molar-refractivity contribution is 7.99. The summed E-state index contributed by atoms with van der Waals surface area (Å²) in [7, 11) is 4.15. The first-order valence-electron chi connectivity index (χ1n) is 10.8. The van der Waals surface area contributed by atoms with E-state index < -0.39 is 0 Å². The van der Waals surface area contributed by atoms with Crippen molar-refractivity contribution in [2.75, 3.05) is 72.2 Å². The molecule has 2 fully saturated rings. The van der Waals surface area contributed by atoms with Gasteiger partial charge >= 0.3 is 0 Å². The maximum absolute atomic E-state index is 4.54. The molecule has 2 aliphatic rings. The van der Waals surface area contributed by atoms with E-state index in [1.807, 2.05) is 18.8 Å². The first-order chi connectivity index (χ1) is 13.7. The molecule has 0 bridgehead atoms.